The quantitative estimate of drug-likeness (QED) is 0.715. The Hall–Kier alpha value is -2.24. The third-order valence-electron chi connectivity index (χ3n) is 2.54. The Bertz CT molecular complexity index is 474. The summed E-state index contributed by atoms with van der Waals surface area (Å²) < 4.78 is 5.49. The van der Waals surface area contributed by atoms with Gasteiger partial charge in [0.15, 0.2) is 0 Å². The Morgan fingerprint density at radius 2 is 2.10 bits per heavy atom. The summed E-state index contributed by atoms with van der Waals surface area (Å²) >= 11 is 0. The molecule has 6 heteroatoms. The number of hydrogen-bond acceptors (Lipinski definition) is 3. The molecule has 0 aliphatic rings. The van der Waals surface area contributed by atoms with Gasteiger partial charge in [-0.1, -0.05) is 6.92 Å². The van der Waals surface area contributed by atoms with Gasteiger partial charge in [-0.2, -0.15) is 0 Å². The van der Waals surface area contributed by atoms with E-state index in [4.69, 9.17) is 9.84 Å². The van der Waals surface area contributed by atoms with Crippen molar-refractivity contribution < 1.29 is 19.4 Å². The summed E-state index contributed by atoms with van der Waals surface area (Å²) in [5, 5.41) is 13.6. The zero-order valence-corrected chi connectivity index (χ0v) is 11.7. The summed E-state index contributed by atoms with van der Waals surface area (Å²) in [4.78, 5) is 21.9. The van der Waals surface area contributed by atoms with Crippen molar-refractivity contribution in [3.8, 4) is 5.75 Å². The molecule has 6 nitrogen and oxygen atoms in total. The van der Waals surface area contributed by atoms with E-state index in [1.54, 1.807) is 12.1 Å². The van der Waals surface area contributed by atoms with E-state index in [1.807, 2.05) is 19.9 Å². The minimum absolute atomic E-state index is 0.0951. The maximum absolute atomic E-state index is 11.6. The predicted octanol–water partition coefficient (Wildman–Crippen LogP) is 2.38. The van der Waals surface area contributed by atoms with Crippen LogP contribution in [0, 0.1) is 6.92 Å². The van der Waals surface area contributed by atoms with Crippen LogP contribution in [0.3, 0.4) is 0 Å². The average Bonchev–Trinajstić information content (AvgIpc) is 2.38. The summed E-state index contributed by atoms with van der Waals surface area (Å²) in [6.45, 7) is 4.65. The third kappa shape index (κ3) is 5.60. The van der Waals surface area contributed by atoms with Gasteiger partial charge in [-0.15, -0.1) is 0 Å². The fourth-order valence-electron chi connectivity index (χ4n) is 1.54. The molecule has 0 bridgehead atoms. The molecule has 1 aromatic rings. The average molecular weight is 280 g/mol. The lowest BCUT2D eigenvalue weighted by Crippen LogP contribution is -2.30. The standard InChI is InChI=1S/C14H20N2O4/c1-3-8-20-11-4-5-12(10(2)9-11)16-14(19)15-7-6-13(17)18/h4-5,9H,3,6-8H2,1-2H3,(H,17,18)(H2,15,16,19). The topological polar surface area (TPSA) is 87.7 Å². The molecule has 0 fully saturated rings. The van der Waals surface area contributed by atoms with Gasteiger partial charge in [-0.25, -0.2) is 4.79 Å². The molecule has 110 valence electrons. The van der Waals surface area contributed by atoms with E-state index in [0.29, 0.717) is 12.3 Å². The molecule has 0 spiro atoms. The van der Waals surface area contributed by atoms with Gasteiger partial charge in [-0.3, -0.25) is 4.79 Å². The van der Waals surface area contributed by atoms with Crippen LogP contribution in [-0.4, -0.2) is 30.3 Å². The van der Waals surface area contributed by atoms with Gasteiger partial charge in [0.2, 0.25) is 0 Å². The van der Waals surface area contributed by atoms with Crippen molar-refractivity contribution in [3.05, 3.63) is 23.8 Å². The van der Waals surface area contributed by atoms with Crippen LogP contribution in [0.15, 0.2) is 18.2 Å². The van der Waals surface area contributed by atoms with Crippen molar-refractivity contribution in [2.45, 2.75) is 26.7 Å². The summed E-state index contributed by atoms with van der Waals surface area (Å²) in [7, 11) is 0. The van der Waals surface area contributed by atoms with Crippen LogP contribution in [0.4, 0.5) is 10.5 Å². The largest absolute Gasteiger partial charge is 0.494 e. The number of nitrogens with one attached hydrogen (secondary N) is 2. The zero-order chi connectivity index (χ0) is 15.0. The van der Waals surface area contributed by atoms with Gasteiger partial charge in [-0.05, 0) is 37.1 Å². The first-order chi connectivity index (χ1) is 9.52. The fraction of sp³-hybridized carbons (Fsp3) is 0.429. The van der Waals surface area contributed by atoms with Crippen molar-refractivity contribution in [1.82, 2.24) is 5.32 Å². The molecule has 0 aliphatic carbocycles. The second kappa shape index (κ2) is 8.04. The molecule has 0 radical (unpaired) electrons. The Balaban J connectivity index is 2.50. The SMILES string of the molecule is CCCOc1ccc(NC(=O)NCCC(=O)O)c(C)c1. The lowest BCUT2D eigenvalue weighted by molar-refractivity contribution is -0.136. The summed E-state index contributed by atoms with van der Waals surface area (Å²) in [6, 6.07) is 4.98. The third-order valence-corrected chi connectivity index (χ3v) is 2.54. The second-order valence-electron chi connectivity index (χ2n) is 4.35. The summed E-state index contributed by atoms with van der Waals surface area (Å²) in [5.74, 6) is -0.180. The Morgan fingerprint density at radius 3 is 2.70 bits per heavy atom. The highest BCUT2D eigenvalue weighted by atomic mass is 16.5. The van der Waals surface area contributed by atoms with E-state index < -0.39 is 12.0 Å². The number of ether oxygens (including phenoxy) is 1. The van der Waals surface area contributed by atoms with E-state index in [-0.39, 0.29) is 13.0 Å². The molecule has 0 heterocycles. The number of benzene rings is 1. The van der Waals surface area contributed by atoms with Crippen LogP contribution in [0.5, 0.6) is 5.75 Å². The van der Waals surface area contributed by atoms with E-state index in [2.05, 4.69) is 10.6 Å². The van der Waals surface area contributed by atoms with Crippen LogP contribution < -0.4 is 15.4 Å². The molecular formula is C14H20N2O4. The Labute approximate surface area is 118 Å². The number of rotatable bonds is 7. The number of urea groups is 1. The number of carboxylic acids is 1. The maximum Gasteiger partial charge on any atom is 0.319 e. The van der Waals surface area contributed by atoms with Crippen molar-refractivity contribution in [2.75, 3.05) is 18.5 Å². The van der Waals surface area contributed by atoms with E-state index in [9.17, 15) is 9.59 Å². The predicted molar refractivity (Wildman–Crippen MR) is 76.2 cm³/mol. The number of anilines is 1. The number of aryl methyl sites for hydroxylation is 1. The summed E-state index contributed by atoms with van der Waals surface area (Å²) in [5.41, 5.74) is 1.55. The van der Waals surface area contributed by atoms with Crippen LogP contribution in [-0.2, 0) is 4.79 Å². The molecule has 0 aliphatic heterocycles. The van der Waals surface area contributed by atoms with Crippen LogP contribution in [0.1, 0.15) is 25.3 Å². The molecule has 20 heavy (non-hydrogen) atoms. The molecule has 1 aromatic carbocycles. The Kier molecular flexibility index (Phi) is 6.36. The number of aliphatic carboxylic acids is 1. The lowest BCUT2D eigenvalue weighted by atomic mass is 10.2. The fourth-order valence-corrected chi connectivity index (χ4v) is 1.54. The van der Waals surface area contributed by atoms with Gasteiger partial charge in [0.05, 0.1) is 13.0 Å². The molecule has 0 saturated heterocycles. The van der Waals surface area contributed by atoms with Crippen molar-refractivity contribution in [3.63, 3.8) is 0 Å². The van der Waals surface area contributed by atoms with Crippen LogP contribution in [0.25, 0.3) is 0 Å². The van der Waals surface area contributed by atoms with E-state index in [1.165, 1.54) is 0 Å². The number of carbonyl (C=O) groups excluding carboxylic acids is 1. The maximum atomic E-state index is 11.6. The molecule has 0 unspecified atom stereocenters. The number of carbonyl (C=O) groups is 2. The minimum Gasteiger partial charge on any atom is -0.494 e. The van der Waals surface area contributed by atoms with Gasteiger partial charge < -0.3 is 20.5 Å². The first kappa shape index (κ1) is 15.8. The zero-order valence-electron chi connectivity index (χ0n) is 11.7. The molecule has 3 N–H and O–H groups in total. The highest BCUT2D eigenvalue weighted by molar-refractivity contribution is 5.90. The van der Waals surface area contributed by atoms with Crippen molar-refractivity contribution in [1.29, 1.82) is 0 Å². The minimum atomic E-state index is -0.945. The lowest BCUT2D eigenvalue weighted by Gasteiger charge is -2.11. The smallest absolute Gasteiger partial charge is 0.319 e. The number of amides is 2. The van der Waals surface area contributed by atoms with Crippen LogP contribution >= 0.6 is 0 Å². The normalized spacial score (nSPS) is 9.90. The first-order valence-corrected chi connectivity index (χ1v) is 6.53. The van der Waals surface area contributed by atoms with Crippen molar-refractivity contribution >= 4 is 17.7 Å². The number of carboxylic acid groups (broad SMARTS) is 1. The van der Waals surface area contributed by atoms with Gasteiger partial charge in [0.25, 0.3) is 0 Å². The van der Waals surface area contributed by atoms with E-state index >= 15 is 0 Å². The molecule has 0 aromatic heterocycles. The number of hydrogen-bond donors (Lipinski definition) is 3. The Morgan fingerprint density at radius 1 is 1.35 bits per heavy atom. The molecule has 0 atom stereocenters. The van der Waals surface area contributed by atoms with Gasteiger partial charge in [0.1, 0.15) is 5.75 Å². The molecule has 0 saturated carbocycles. The van der Waals surface area contributed by atoms with Crippen molar-refractivity contribution in [2.24, 2.45) is 0 Å². The van der Waals surface area contributed by atoms with Gasteiger partial charge in [0, 0.05) is 12.2 Å². The second-order valence-corrected chi connectivity index (χ2v) is 4.35. The monoisotopic (exact) mass is 280 g/mol. The van der Waals surface area contributed by atoms with Crippen LogP contribution in [0.2, 0.25) is 0 Å². The molecule has 1 rings (SSSR count). The highest BCUT2D eigenvalue weighted by Gasteiger charge is 2.06. The molecular weight excluding hydrogens is 260 g/mol. The molecule has 2 amide bonds. The van der Waals surface area contributed by atoms with Gasteiger partial charge >= 0.3 is 12.0 Å². The summed E-state index contributed by atoms with van der Waals surface area (Å²) in [6.07, 6.45) is 0.835. The highest BCUT2D eigenvalue weighted by Crippen LogP contribution is 2.21. The van der Waals surface area contributed by atoms with E-state index in [0.717, 1.165) is 17.7 Å². The first-order valence-electron chi connectivity index (χ1n) is 6.53.